The van der Waals surface area contributed by atoms with Crippen LogP contribution in [0.2, 0.25) is 0 Å². The Morgan fingerprint density at radius 1 is 0.974 bits per heavy atom. The molecule has 0 bridgehead atoms. The quantitative estimate of drug-likeness (QED) is 0.340. The number of hydrogen-bond acceptors (Lipinski definition) is 7. The van der Waals surface area contributed by atoms with Gasteiger partial charge in [-0.1, -0.05) is 23.8 Å². The number of rotatable bonds is 9. The Kier molecular flexibility index (Phi) is 8.16. The van der Waals surface area contributed by atoms with Gasteiger partial charge in [0.1, 0.15) is 11.5 Å². The first-order valence-electron chi connectivity index (χ1n) is 11.9. The number of thioether (sulfide) groups is 1. The van der Waals surface area contributed by atoms with E-state index in [1.54, 1.807) is 37.3 Å². The Morgan fingerprint density at radius 3 is 2.32 bits per heavy atom. The lowest BCUT2D eigenvalue weighted by atomic mass is 9.92. The average molecular weight is 540 g/mol. The minimum atomic E-state index is -1.34. The minimum Gasteiger partial charge on any atom is -0.497 e. The smallest absolute Gasteiger partial charge is 0.325 e. The third-order valence-electron chi connectivity index (χ3n) is 6.67. The highest BCUT2D eigenvalue weighted by Crippen LogP contribution is 2.54. The number of carbonyl (C=O) groups is 2. The highest BCUT2D eigenvalue weighted by molar-refractivity contribution is 8.01. The number of aryl methyl sites for hydroxylation is 1. The molecule has 0 radical (unpaired) electrons. The number of carbonyl (C=O) groups excluding carboxylic acids is 2. The predicted molar refractivity (Wildman–Crippen MR) is 142 cm³/mol. The number of esters is 1. The van der Waals surface area contributed by atoms with Crippen LogP contribution in [0.25, 0.3) is 0 Å². The number of hydrogen-bond donors (Lipinski definition) is 0. The van der Waals surface area contributed by atoms with E-state index in [0.29, 0.717) is 17.1 Å². The van der Waals surface area contributed by atoms with Gasteiger partial charge >= 0.3 is 5.97 Å². The summed E-state index contributed by atoms with van der Waals surface area (Å²) in [7, 11) is 5.78. The number of methoxy groups -OCH3 is 4. The number of halogens is 1. The molecule has 0 spiro atoms. The molecule has 38 heavy (non-hydrogen) atoms. The van der Waals surface area contributed by atoms with Crippen molar-refractivity contribution in [2.24, 2.45) is 0 Å². The van der Waals surface area contributed by atoms with E-state index in [0.717, 1.165) is 16.0 Å². The molecule has 9 heteroatoms. The summed E-state index contributed by atoms with van der Waals surface area (Å²) in [5, 5.41) is 0. The molecule has 3 aromatic rings. The Balaban J connectivity index is 1.88. The van der Waals surface area contributed by atoms with E-state index in [1.165, 1.54) is 38.1 Å². The number of amides is 1. The number of likely N-dealkylation sites (tertiary alicyclic amines) is 1. The third kappa shape index (κ3) is 5.15. The first-order valence-corrected chi connectivity index (χ1v) is 12.8. The Hall–Kier alpha value is -3.72. The molecule has 1 amide bonds. The van der Waals surface area contributed by atoms with Crippen LogP contribution in [-0.2, 0) is 20.9 Å². The van der Waals surface area contributed by atoms with E-state index in [1.807, 2.05) is 37.3 Å². The molecule has 0 saturated carbocycles. The van der Waals surface area contributed by atoms with Gasteiger partial charge < -0.3 is 23.8 Å². The summed E-state index contributed by atoms with van der Waals surface area (Å²) < 4.78 is 34.5. The summed E-state index contributed by atoms with van der Waals surface area (Å²) in [6.07, 6.45) is -0.110. The number of benzene rings is 3. The molecule has 2 unspecified atom stereocenters. The van der Waals surface area contributed by atoms with Crippen LogP contribution in [0.15, 0.2) is 65.6 Å². The van der Waals surface area contributed by atoms with E-state index in [4.69, 9.17) is 18.9 Å². The zero-order valence-electron chi connectivity index (χ0n) is 21.9. The second-order valence-corrected chi connectivity index (χ2v) is 10.4. The van der Waals surface area contributed by atoms with E-state index >= 15 is 0 Å². The summed E-state index contributed by atoms with van der Waals surface area (Å²) >= 11 is 1.27. The van der Waals surface area contributed by atoms with Crippen LogP contribution in [-0.4, -0.2) is 50.0 Å². The monoisotopic (exact) mass is 539 g/mol. The van der Waals surface area contributed by atoms with E-state index in [-0.39, 0.29) is 24.6 Å². The molecule has 1 fully saturated rings. The number of nitrogens with zero attached hydrogens (tertiary/aromatic N) is 1. The Morgan fingerprint density at radius 2 is 1.68 bits per heavy atom. The van der Waals surface area contributed by atoms with Gasteiger partial charge in [-0.05, 0) is 48.9 Å². The topological polar surface area (TPSA) is 74.3 Å². The molecular formula is C29H30FNO6S. The standard InChI is InChI=1S/C29H30FNO6S/c1-18-6-11-22(12-7-18)38-29(28(33)37-5)16-26(32)31(17-20-8-10-21(34-2)15-24(20)35-3)27(29)19-9-13-23(30)25(14-19)36-4/h6-15,27H,16-17H2,1-5H3. The fourth-order valence-corrected chi connectivity index (χ4v) is 6.20. The van der Waals surface area contributed by atoms with Gasteiger partial charge in [-0.2, -0.15) is 0 Å². The molecule has 4 rings (SSSR count). The van der Waals surface area contributed by atoms with Gasteiger partial charge in [-0.25, -0.2) is 4.39 Å². The lowest BCUT2D eigenvalue weighted by Gasteiger charge is -2.36. The minimum absolute atomic E-state index is 0.0166. The van der Waals surface area contributed by atoms with Crippen molar-refractivity contribution in [3.05, 3.63) is 83.2 Å². The van der Waals surface area contributed by atoms with Gasteiger partial charge in [0.05, 0.1) is 40.9 Å². The van der Waals surface area contributed by atoms with E-state index < -0.39 is 22.6 Å². The summed E-state index contributed by atoms with van der Waals surface area (Å²) in [6.45, 7) is 2.12. The molecule has 7 nitrogen and oxygen atoms in total. The number of ether oxygens (including phenoxy) is 4. The molecule has 1 aliphatic heterocycles. The summed E-state index contributed by atoms with van der Waals surface area (Å²) in [4.78, 5) is 29.7. The van der Waals surface area contributed by atoms with Crippen LogP contribution >= 0.6 is 11.8 Å². The van der Waals surface area contributed by atoms with Crippen LogP contribution in [0.4, 0.5) is 4.39 Å². The molecule has 1 aliphatic rings. The lowest BCUT2D eigenvalue weighted by molar-refractivity contribution is -0.144. The van der Waals surface area contributed by atoms with Crippen LogP contribution < -0.4 is 14.2 Å². The first kappa shape index (κ1) is 27.3. The van der Waals surface area contributed by atoms with Gasteiger partial charge in [-0.3, -0.25) is 9.59 Å². The van der Waals surface area contributed by atoms with Crippen molar-refractivity contribution < 1.29 is 32.9 Å². The predicted octanol–water partition coefficient (Wildman–Crippen LogP) is 5.34. The van der Waals surface area contributed by atoms with Crippen molar-refractivity contribution in [3.8, 4) is 17.2 Å². The SMILES string of the molecule is COC(=O)C1(Sc2ccc(C)cc2)CC(=O)N(Cc2ccc(OC)cc2OC)C1c1ccc(F)c(OC)c1. The molecule has 1 saturated heterocycles. The van der Waals surface area contributed by atoms with Gasteiger partial charge in [-0.15, -0.1) is 11.8 Å². The van der Waals surface area contributed by atoms with Crippen molar-refractivity contribution in [3.63, 3.8) is 0 Å². The second-order valence-electron chi connectivity index (χ2n) is 8.97. The van der Waals surface area contributed by atoms with Crippen molar-refractivity contribution >= 4 is 23.6 Å². The molecule has 3 aromatic carbocycles. The molecule has 2 atom stereocenters. The van der Waals surface area contributed by atoms with Gasteiger partial charge in [0.2, 0.25) is 5.91 Å². The van der Waals surface area contributed by atoms with Gasteiger partial charge in [0, 0.05) is 23.1 Å². The van der Waals surface area contributed by atoms with Crippen molar-refractivity contribution in [1.29, 1.82) is 0 Å². The summed E-state index contributed by atoms with van der Waals surface area (Å²) in [5.74, 6) is -0.178. The molecule has 0 aliphatic carbocycles. The fourth-order valence-electron chi connectivity index (χ4n) is 4.77. The summed E-state index contributed by atoms with van der Waals surface area (Å²) in [6, 6.07) is 16.6. The zero-order valence-corrected chi connectivity index (χ0v) is 22.8. The first-order chi connectivity index (χ1) is 18.3. The molecule has 200 valence electrons. The van der Waals surface area contributed by atoms with E-state index in [2.05, 4.69) is 0 Å². The van der Waals surface area contributed by atoms with Crippen molar-refractivity contribution in [1.82, 2.24) is 4.90 Å². The third-order valence-corrected chi connectivity index (χ3v) is 8.07. The normalized spacial score (nSPS) is 18.8. The van der Waals surface area contributed by atoms with Crippen molar-refractivity contribution in [2.45, 2.75) is 35.6 Å². The van der Waals surface area contributed by atoms with Crippen LogP contribution in [0.5, 0.6) is 17.2 Å². The van der Waals surface area contributed by atoms with Crippen molar-refractivity contribution in [2.75, 3.05) is 28.4 Å². The molecular weight excluding hydrogens is 509 g/mol. The summed E-state index contributed by atoms with van der Waals surface area (Å²) in [5.41, 5.74) is 2.34. The van der Waals surface area contributed by atoms with Gasteiger partial charge in [0.25, 0.3) is 0 Å². The maximum atomic E-state index is 14.4. The maximum Gasteiger partial charge on any atom is 0.325 e. The second kappa shape index (κ2) is 11.3. The Labute approximate surface area is 225 Å². The molecule has 1 heterocycles. The zero-order chi connectivity index (χ0) is 27.4. The average Bonchev–Trinajstić information content (AvgIpc) is 3.21. The largest absolute Gasteiger partial charge is 0.497 e. The lowest BCUT2D eigenvalue weighted by Crippen LogP contribution is -2.42. The Bertz CT molecular complexity index is 1330. The van der Waals surface area contributed by atoms with Gasteiger partial charge in [0.15, 0.2) is 16.3 Å². The highest BCUT2D eigenvalue weighted by atomic mass is 32.2. The highest BCUT2D eigenvalue weighted by Gasteiger charge is 2.59. The van der Waals surface area contributed by atoms with Crippen LogP contribution in [0, 0.1) is 12.7 Å². The molecule has 0 N–H and O–H groups in total. The molecule has 0 aromatic heterocycles. The fraction of sp³-hybridized carbons (Fsp3) is 0.310. The van der Waals surface area contributed by atoms with Crippen LogP contribution in [0.3, 0.4) is 0 Å². The van der Waals surface area contributed by atoms with Crippen LogP contribution in [0.1, 0.15) is 29.2 Å². The van der Waals surface area contributed by atoms with E-state index in [9.17, 15) is 14.0 Å². The maximum absolute atomic E-state index is 14.4.